The van der Waals surface area contributed by atoms with Crippen LogP contribution in [0.2, 0.25) is 0 Å². The zero-order chi connectivity index (χ0) is 23.6. The van der Waals surface area contributed by atoms with Crippen molar-refractivity contribution in [3.63, 3.8) is 0 Å². The van der Waals surface area contributed by atoms with Crippen LogP contribution in [0, 0.1) is 11.2 Å². The Kier molecular flexibility index (Phi) is 6.54. The number of carbonyl (C=O) groups is 1. The summed E-state index contributed by atoms with van der Waals surface area (Å²) in [5.41, 5.74) is 3.32. The number of anilines is 2. The van der Waals surface area contributed by atoms with E-state index in [1.165, 1.54) is 30.7 Å². The average molecular weight is 449 g/mol. The van der Waals surface area contributed by atoms with E-state index in [1.807, 2.05) is 4.57 Å². The highest BCUT2D eigenvalue weighted by Crippen LogP contribution is 2.31. The summed E-state index contributed by atoms with van der Waals surface area (Å²) in [4.78, 5) is 21.9. The molecule has 3 aromatic rings. The summed E-state index contributed by atoms with van der Waals surface area (Å²) in [6.07, 6.45) is 6.00. The summed E-state index contributed by atoms with van der Waals surface area (Å²) in [6.45, 7) is 10.7. The molecule has 1 amide bonds. The Bertz CT molecular complexity index is 1080. The number of amides is 1. The van der Waals surface area contributed by atoms with E-state index in [-0.39, 0.29) is 17.1 Å². The molecule has 6 heteroatoms. The molecule has 1 saturated carbocycles. The normalized spacial score (nSPS) is 13.7. The van der Waals surface area contributed by atoms with E-state index in [0.717, 1.165) is 18.7 Å². The summed E-state index contributed by atoms with van der Waals surface area (Å²) in [6, 6.07) is 15.1. The van der Waals surface area contributed by atoms with Gasteiger partial charge in [-0.2, -0.15) is 0 Å². The molecule has 0 atom stereocenters. The molecule has 4 rings (SSSR count). The lowest BCUT2D eigenvalue weighted by molar-refractivity contribution is 0.0980. The second kappa shape index (κ2) is 9.38. The third-order valence-corrected chi connectivity index (χ3v) is 5.83. The minimum Gasteiger partial charge on any atom is -0.369 e. The fraction of sp³-hybridized carbons (Fsp3) is 0.407. The number of nitrogens with zero attached hydrogens (tertiary/aromatic N) is 4. The maximum atomic E-state index is 13.6. The minimum atomic E-state index is -0.329. The van der Waals surface area contributed by atoms with E-state index >= 15 is 0 Å². The number of imidazole rings is 1. The van der Waals surface area contributed by atoms with Crippen molar-refractivity contribution in [1.82, 2.24) is 9.55 Å². The Labute approximate surface area is 195 Å². The summed E-state index contributed by atoms with van der Waals surface area (Å²) < 4.78 is 15.5. The number of benzene rings is 2. The van der Waals surface area contributed by atoms with Crippen LogP contribution < -0.4 is 9.80 Å². The van der Waals surface area contributed by atoms with E-state index in [9.17, 15) is 9.18 Å². The molecule has 0 unspecified atom stereocenters. The topological polar surface area (TPSA) is 41.4 Å². The zero-order valence-corrected chi connectivity index (χ0v) is 20.0. The number of hydrogen-bond acceptors (Lipinski definition) is 3. The Morgan fingerprint density at radius 1 is 1.06 bits per heavy atom. The SMILES string of the molecule is CCN(c1ccc(CN(C(=O)c2cn(CC(C)(C)C)cn2)c2ccc(F)cc2)cc1)C1CC1. The molecule has 174 valence electrons. The summed E-state index contributed by atoms with van der Waals surface area (Å²) in [5.74, 6) is -0.531. The summed E-state index contributed by atoms with van der Waals surface area (Å²) in [7, 11) is 0. The number of aromatic nitrogens is 2. The third kappa shape index (κ3) is 5.81. The summed E-state index contributed by atoms with van der Waals surface area (Å²) in [5, 5.41) is 0. The molecule has 0 saturated heterocycles. The molecule has 0 bridgehead atoms. The smallest absolute Gasteiger partial charge is 0.278 e. The van der Waals surface area contributed by atoms with Crippen molar-refractivity contribution in [3.8, 4) is 0 Å². The molecule has 1 aromatic heterocycles. The molecule has 0 radical (unpaired) electrons. The van der Waals surface area contributed by atoms with Crippen LogP contribution in [0.25, 0.3) is 0 Å². The molecule has 1 aliphatic rings. The van der Waals surface area contributed by atoms with Crippen molar-refractivity contribution >= 4 is 17.3 Å². The van der Waals surface area contributed by atoms with Crippen LogP contribution in [-0.2, 0) is 13.1 Å². The largest absolute Gasteiger partial charge is 0.369 e. The second-order valence-corrected chi connectivity index (χ2v) is 10.0. The van der Waals surface area contributed by atoms with Gasteiger partial charge in [-0.1, -0.05) is 32.9 Å². The molecule has 1 fully saturated rings. The van der Waals surface area contributed by atoms with Crippen LogP contribution in [0.15, 0.2) is 61.1 Å². The number of carbonyl (C=O) groups excluding carboxylic acids is 1. The second-order valence-electron chi connectivity index (χ2n) is 10.0. The third-order valence-electron chi connectivity index (χ3n) is 5.83. The first-order chi connectivity index (χ1) is 15.7. The predicted octanol–water partition coefficient (Wildman–Crippen LogP) is 5.90. The summed E-state index contributed by atoms with van der Waals surface area (Å²) >= 11 is 0. The highest BCUT2D eigenvalue weighted by Gasteiger charge is 2.28. The number of rotatable bonds is 8. The minimum absolute atomic E-state index is 0.0756. The molecule has 0 N–H and O–H groups in total. The van der Waals surface area contributed by atoms with Crippen molar-refractivity contribution in [2.75, 3.05) is 16.3 Å². The standard InChI is InChI=1S/C27H33FN4O/c1-5-31(23-14-15-23)22-10-6-20(7-11-22)16-32(24-12-8-21(28)9-13-24)26(33)25-17-30(19-29-25)18-27(2,3)4/h6-13,17,19,23H,5,14-16,18H2,1-4H3. The van der Waals surface area contributed by atoms with Gasteiger partial charge in [-0.15, -0.1) is 0 Å². The van der Waals surface area contributed by atoms with E-state index in [0.29, 0.717) is 24.0 Å². The van der Waals surface area contributed by atoms with E-state index < -0.39 is 0 Å². The van der Waals surface area contributed by atoms with Crippen molar-refractivity contribution in [3.05, 3.63) is 78.1 Å². The number of halogens is 1. The van der Waals surface area contributed by atoms with Crippen molar-refractivity contribution in [2.24, 2.45) is 5.41 Å². The molecule has 1 heterocycles. The molecule has 2 aromatic carbocycles. The first-order valence-electron chi connectivity index (χ1n) is 11.7. The highest BCUT2D eigenvalue weighted by atomic mass is 19.1. The van der Waals surface area contributed by atoms with Gasteiger partial charge in [0.2, 0.25) is 0 Å². The van der Waals surface area contributed by atoms with Crippen molar-refractivity contribution in [1.29, 1.82) is 0 Å². The van der Waals surface area contributed by atoms with Crippen LogP contribution >= 0.6 is 0 Å². The van der Waals surface area contributed by atoms with Gasteiger partial charge in [0.05, 0.1) is 12.9 Å². The van der Waals surface area contributed by atoms with E-state index in [1.54, 1.807) is 29.6 Å². The molecule has 1 aliphatic carbocycles. The molecular weight excluding hydrogens is 415 g/mol. The lowest BCUT2D eigenvalue weighted by Gasteiger charge is -2.25. The van der Waals surface area contributed by atoms with Crippen LogP contribution in [0.1, 0.15) is 56.6 Å². The van der Waals surface area contributed by atoms with Crippen LogP contribution in [0.5, 0.6) is 0 Å². The van der Waals surface area contributed by atoms with Gasteiger partial charge in [-0.05, 0) is 67.1 Å². The quantitative estimate of drug-likeness (QED) is 0.431. The molecule has 33 heavy (non-hydrogen) atoms. The Hall–Kier alpha value is -3.15. The fourth-order valence-corrected chi connectivity index (χ4v) is 4.16. The van der Waals surface area contributed by atoms with Crippen LogP contribution in [0.3, 0.4) is 0 Å². The predicted molar refractivity (Wildman–Crippen MR) is 131 cm³/mol. The Morgan fingerprint density at radius 3 is 2.27 bits per heavy atom. The van der Waals surface area contributed by atoms with Gasteiger partial charge >= 0.3 is 0 Å². The highest BCUT2D eigenvalue weighted by molar-refractivity contribution is 6.04. The Balaban J connectivity index is 1.57. The van der Waals surface area contributed by atoms with Crippen LogP contribution in [-0.4, -0.2) is 28.0 Å². The van der Waals surface area contributed by atoms with Gasteiger partial charge in [0.25, 0.3) is 5.91 Å². The van der Waals surface area contributed by atoms with Gasteiger partial charge < -0.3 is 14.4 Å². The average Bonchev–Trinajstić information content (AvgIpc) is 3.51. The molecule has 0 aliphatic heterocycles. The lowest BCUT2D eigenvalue weighted by Crippen LogP contribution is -2.31. The zero-order valence-electron chi connectivity index (χ0n) is 20.0. The first-order valence-corrected chi connectivity index (χ1v) is 11.7. The molecule has 0 spiro atoms. The van der Waals surface area contributed by atoms with Crippen molar-refractivity contribution < 1.29 is 9.18 Å². The van der Waals surface area contributed by atoms with Gasteiger partial charge in [0.15, 0.2) is 0 Å². The first kappa shape index (κ1) is 23.0. The molecule has 5 nitrogen and oxygen atoms in total. The lowest BCUT2D eigenvalue weighted by atomic mass is 9.97. The maximum Gasteiger partial charge on any atom is 0.278 e. The Morgan fingerprint density at radius 2 is 1.70 bits per heavy atom. The van der Waals surface area contributed by atoms with Crippen molar-refractivity contribution in [2.45, 2.75) is 59.7 Å². The van der Waals surface area contributed by atoms with Gasteiger partial charge in [0.1, 0.15) is 11.5 Å². The van der Waals surface area contributed by atoms with Crippen LogP contribution in [0.4, 0.5) is 15.8 Å². The van der Waals surface area contributed by atoms with E-state index in [2.05, 4.69) is 61.8 Å². The maximum absolute atomic E-state index is 13.6. The van der Waals surface area contributed by atoms with Gasteiger partial charge in [-0.25, -0.2) is 9.37 Å². The fourth-order valence-electron chi connectivity index (χ4n) is 4.16. The van der Waals surface area contributed by atoms with E-state index in [4.69, 9.17) is 0 Å². The van der Waals surface area contributed by atoms with Gasteiger partial charge in [-0.3, -0.25) is 4.79 Å². The van der Waals surface area contributed by atoms with Gasteiger partial charge in [0, 0.05) is 36.7 Å². The number of hydrogen-bond donors (Lipinski definition) is 0. The monoisotopic (exact) mass is 448 g/mol. The molecular formula is C27H33FN4O.